The molecule has 1 aliphatic carbocycles. The fourth-order valence-corrected chi connectivity index (χ4v) is 3.00. The van der Waals surface area contributed by atoms with Crippen LogP contribution in [0.5, 0.6) is 0 Å². The fourth-order valence-electron chi connectivity index (χ4n) is 3.00. The molecule has 0 radical (unpaired) electrons. The van der Waals surface area contributed by atoms with Gasteiger partial charge in [-0.2, -0.15) is 5.10 Å². The van der Waals surface area contributed by atoms with Gasteiger partial charge in [-0.15, -0.1) is 0 Å². The minimum Gasteiger partial charge on any atom is -0.306 e. The van der Waals surface area contributed by atoms with Crippen LogP contribution in [0.1, 0.15) is 39.0 Å². The first kappa shape index (κ1) is 15.5. The lowest BCUT2D eigenvalue weighted by Crippen LogP contribution is -2.44. The van der Waals surface area contributed by atoms with E-state index in [1.807, 2.05) is 0 Å². The third kappa shape index (κ3) is 4.60. The number of allylic oxidation sites excluding steroid dienone is 1. The predicted octanol–water partition coefficient (Wildman–Crippen LogP) is 2.29. The van der Waals surface area contributed by atoms with Crippen molar-refractivity contribution in [2.45, 2.75) is 45.2 Å². The second-order valence-corrected chi connectivity index (χ2v) is 6.44. The predicted molar refractivity (Wildman–Crippen MR) is 85.9 cm³/mol. The molecule has 1 unspecified atom stereocenters. The summed E-state index contributed by atoms with van der Waals surface area (Å²) in [5, 5.41) is 4.45. The lowest BCUT2D eigenvalue weighted by molar-refractivity contribution is 0.165. The van der Waals surface area contributed by atoms with Crippen LogP contribution in [-0.4, -0.2) is 55.9 Å². The van der Waals surface area contributed by atoms with E-state index in [1.54, 1.807) is 0 Å². The van der Waals surface area contributed by atoms with E-state index in [1.165, 1.54) is 37.7 Å². The molecule has 4 nitrogen and oxygen atoms in total. The van der Waals surface area contributed by atoms with E-state index >= 15 is 0 Å². The Morgan fingerprint density at radius 3 is 2.60 bits per heavy atom. The van der Waals surface area contributed by atoms with Crippen molar-refractivity contribution in [1.29, 1.82) is 0 Å². The van der Waals surface area contributed by atoms with E-state index in [2.05, 4.69) is 53.6 Å². The summed E-state index contributed by atoms with van der Waals surface area (Å²) in [4.78, 5) is 4.75. The first-order chi connectivity index (χ1) is 9.66. The molecule has 2 aliphatic rings. The van der Waals surface area contributed by atoms with Crippen LogP contribution in [-0.2, 0) is 0 Å². The van der Waals surface area contributed by atoms with Gasteiger partial charge in [0.05, 0.1) is 12.8 Å². The topological polar surface area (TPSA) is 30.9 Å². The molecule has 1 N–H and O–H groups in total. The maximum absolute atomic E-state index is 4.45. The van der Waals surface area contributed by atoms with Crippen molar-refractivity contribution in [2.24, 2.45) is 11.0 Å². The maximum atomic E-state index is 4.45. The molecule has 0 saturated carbocycles. The Bertz CT molecular complexity index is 338. The molecule has 0 amide bonds. The summed E-state index contributed by atoms with van der Waals surface area (Å²) in [5.41, 5.74) is 4.74. The Morgan fingerprint density at radius 2 is 2.00 bits per heavy atom. The molecule has 1 heterocycles. The summed E-state index contributed by atoms with van der Waals surface area (Å²) >= 11 is 0. The molecule has 1 fully saturated rings. The van der Waals surface area contributed by atoms with Gasteiger partial charge in [0, 0.05) is 0 Å². The molecular formula is C16H30N4. The summed E-state index contributed by atoms with van der Waals surface area (Å²) < 4.78 is 0. The van der Waals surface area contributed by atoms with E-state index in [-0.39, 0.29) is 0 Å². The molecule has 0 spiro atoms. The monoisotopic (exact) mass is 278 g/mol. The summed E-state index contributed by atoms with van der Waals surface area (Å²) in [5.74, 6) is 0.857. The quantitative estimate of drug-likeness (QED) is 0.486. The number of hydrogen-bond donors (Lipinski definition) is 1. The molecule has 1 saturated heterocycles. The Labute approximate surface area is 123 Å². The lowest BCUT2D eigenvalue weighted by atomic mass is 9.91. The van der Waals surface area contributed by atoms with Crippen LogP contribution in [0.4, 0.5) is 0 Å². The van der Waals surface area contributed by atoms with Crippen LogP contribution >= 0.6 is 0 Å². The van der Waals surface area contributed by atoms with Gasteiger partial charge in [-0.3, -0.25) is 9.80 Å². The van der Waals surface area contributed by atoms with Gasteiger partial charge >= 0.3 is 0 Å². The van der Waals surface area contributed by atoms with Crippen LogP contribution < -0.4 is 5.43 Å². The second-order valence-electron chi connectivity index (χ2n) is 6.44. The first-order valence-corrected chi connectivity index (χ1v) is 8.01. The standard InChI is InChI=1S/C16H30N4/c1-14-6-8-15(9-7-14)12-17-18-13-16-19(2)10-4-5-11-20(16)3/h8,13-14,16-17H,4-7,9-12H2,1-3H3/b18-13-. The third-order valence-corrected chi connectivity index (χ3v) is 4.55. The number of hydrazone groups is 1. The molecule has 0 aromatic heterocycles. The van der Waals surface area contributed by atoms with Crippen molar-refractivity contribution in [3.63, 3.8) is 0 Å². The summed E-state index contributed by atoms with van der Waals surface area (Å²) in [6.45, 7) is 5.55. The highest BCUT2D eigenvalue weighted by molar-refractivity contribution is 5.63. The molecule has 0 bridgehead atoms. The molecule has 0 aromatic rings. The molecule has 2 rings (SSSR count). The van der Waals surface area contributed by atoms with E-state index in [4.69, 9.17) is 0 Å². The normalized spacial score (nSPS) is 27.6. The van der Waals surface area contributed by atoms with Gasteiger partial charge in [-0.05, 0) is 65.2 Å². The molecular weight excluding hydrogens is 248 g/mol. The smallest absolute Gasteiger partial charge is 0.100 e. The fraction of sp³-hybridized carbons (Fsp3) is 0.812. The minimum absolute atomic E-state index is 0.324. The van der Waals surface area contributed by atoms with Gasteiger partial charge in [0.1, 0.15) is 6.17 Å². The van der Waals surface area contributed by atoms with Gasteiger partial charge in [0.2, 0.25) is 0 Å². The first-order valence-electron chi connectivity index (χ1n) is 8.01. The van der Waals surface area contributed by atoms with Crippen molar-refractivity contribution in [1.82, 2.24) is 15.2 Å². The van der Waals surface area contributed by atoms with E-state index in [9.17, 15) is 0 Å². The molecule has 1 aliphatic heterocycles. The van der Waals surface area contributed by atoms with E-state index in [0.717, 1.165) is 25.6 Å². The van der Waals surface area contributed by atoms with Crippen molar-refractivity contribution < 1.29 is 0 Å². The molecule has 114 valence electrons. The number of rotatable bonds is 4. The van der Waals surface area contributed by atoms with Crippen LogP contribution in [0.25, 0.3) is 0 Å². The van der Waals surface area contributed by atoms with E-state index < -0.39 is 0 Å². The summed E-state index contributed by atoms with van der Waals surface area (Å²) in [6.07, 6.45) is 11.1. The minimum atomic E-state index is 0.324. The van der Waals surface area contributed by atoms with Crippen LogP contribution in [0.2, 0.25) is 0 Å². The van der Waals surface area contributed by atoms with Crippen LogP contribution in [0.15, 0.2) is 16.8 Å². The molecule has 1 atom stereocenters. The molecule has 4 heteroatoms. The van der Waals surface area contributed by atoms with Crippen molar-refractivity contribution in [3.8, 4) is 0 Å². The number of nitrogens with zero attached hydrogens (tertiary/aromatic N) is 3. The lowest BCUT2D eigenvalue weighted by Gasteiger charge is -2.29. The van der Waals surface area contributed by atoms with Crippen molar-refractivity contribution >= 4 is 6.21 Å². The highest BCUT2D eigenvalue weighted by Gasteiger charge is 2.20. The largest absolute Gasteiger partial charge is 0.306 e. The molecule has 0 aromatic carbocycles. The summed E-state index contributed by atoms with van der Waals surface area (Å²) in [6, 6.07) is 0. The Hall–Kier alpha value is -0.870. The summed E-state index contributed by atoms with van der Waals surface area (Å²) in [7, 11) is 4.37. The van der Waals surface area contributed by atoms with Gasteiger partial charge in [-0.1, -0.05) is 18.6 Å². The van der Waals surface area contributed by atoms with Gasteiger partial charge < -0.3 is 5.43 Å². The Balaban J connectivity index is 1.77. The van der Waals surface area contributed by atoms with Crippen molar-refractivity contribution in [2.75, 3.05) is 33.7 Å². The van der Waals surface area contributed by atoms with Crippen LogP contribution in [0.3, 0.4) is 0 Å². The average Bonchev–Trinajstić information content (AvgIpc) is 2.59. The highest BCUT2D eigenvalue weighted by Crippen LogP contribution is 2.22. The maximum Gasteiger partial charge on any atom is 0.100 e. The Morgan fingerprint density at radius 1 is 1.30 bits per heavy atom. The number of hydrogen-bond acceptors (Lipinski definition) is 4. The zero-order chi connectivity index (χ0) is 14.4. The second kappa shape index (κ2) is 7.79. The average molecular weight is 278 g/mol. The van der Waals surface area contributed by atoms with Gasteiger partial charge in [0.25, 0.3) is 0 Å². The van der Waals surface area contributed by atoms with Crippen LogP contribution in [0, 0.1) is 5.92 Å². The van der Waals surface area contributed by atoms with Gasteiger partial charge in [0.15, 0.2) is 0 Å². The molecule has 20 heavy (non-hydrogen) atoms. The number of nitrogens with one attached hydrogen (secondary N) is 1. The zero-order valence-corrected chi connectivity index (χ0v) is 13.3. The zero-order valence-electron chi connectivity index (χ0n) is 13.3. The highest BCUT2D eigenvalue weighted by atomic mass is 15.4. The SMILES string of the molecule is CC1CC=C(CN/N=C\C2N(C)CCCCN2C)CC1. The van der Waals surface area contributed by atoms with E-state index in [0.29, 0.717) is 6.17 Å². The Kier molecular flexibility index (Phi) is 6.05. The van der Waals surface area contributed by atoms with Crippen molar-refractivity contribution in [3.05, 3.63) is 11.6 Å². The van der Waals surface area contributed by atoms with Gasteiger partial charge in [-0.25, -0.2) is 0 Å². The third-order valence-electron chi connectivity index (χ3n) is 4.55.